The summed E-state index contributed by atoms with van der Waals surface area (Å²) in [6, 6.07) is 2.18. The van der Waals surface area contributed by atoms with Gasteiger partial charge in [0, 0.05) is 11.1 Å². The van der Waals surface area contributed by atoms with E-state index in [9.17, 15) is 0 Å². The number of rotatable bonds is 6. The van der Waals surface area contributed by atoms with Gasteiger partial charge in [-0.1, -0.05) is 6.92 Å². The summed E-state index contributed by atoms with van der Waals surface area (Å²) in [6.07, 6.45) is 3.64. The SMILES string of the molecule is CCNC(c1cncc(OCC)c1)c1sc(C)nc1C. The maximum atomic E-state index is 5.54. The molecule has 108 valence electrons. The lowest BCUT2D eigenvalue weighted by molar-refractivity contribution is 0.338. The summed E-state index contributed by atoms with van der Waals surface area (Å²) in [5, 5.41) is 4.61. The van der Waals surface area contributed by atoms with E-state index in [4.69, 9.17) is 4.74 Å². The molecule has 20 heavy (non-hydrogen) atoms. The maximum Gasteiger partial charge on any atom is 0.137 e. The first-order valence-corrected chi connectivity index (χ1v) is 7.72. The van der Waals surface area contributed by atoms with Crippen molar-refractivity contribution in [3.8, 4) is 5.75 Å². The molecule has 1 unspecified atom stereocenters. The quantitative estimate of drug-likeness (QED) is 0.887. The molecule has 0 aromatic carbocycles. The topological polar surface area (TPSA) is 47.0 Å². The molecule has 0 bridgehead atoms. The highest BCUT2D eigenvalue weighted by Crippen LogP contribution is 2.30. The van der Waals surface area contributed by atoms with E-state index in [1.54, 1.807) is 17.5 Å². The van der Waals surface area contributed by atoms with Gasteiger partial charge in [-0.15, -0.1) is 11.3 Å². The van der Waals surface area contributed by atoms with Crippen molar-refractivity contribution in [1.82, 2.24) is 15.3 Å². The van der Waals surface area contributed by atoms with Crippen LogP contribution in [0.3, 0.4) is 0 Å². The minimum Gasteiger partial charge on any atom is -0.492 e. The van der Waals surface area contributed by atoms with E-state index in [1.807, 2.05) is 20.0 Å². The number of aromatic nitrogens is 2. The molecule has 0 saturated heterocycles. The molecular weight excluding hydrogens is 270 g/mol. The lowest BCUT2D eigenvalue weighted by Gasteiger charge is -2.18. The average molecular weight is 291 g/mol. The molecule has 2 heterocycles. The Labute approximate surface area is 124 Å². The molecule has 1 atom stereocenters. The summed E-state index contributed by atoms with van der Waals surface area (Å²) in [5.41, 5.74) is 2.20. The van der Waals surface area contributed by atoms with Gasteiger partial charge >= 0.3 is 0 Å². The van der Waals surface area contributed by atoms with Gasteiger partial charge in [-0.05, 0) is 38.9 Å². The van der Waals surface area contributed by atoms with Crippen LogP contribution in [0, 0.1) is 13.8 Å². The minimum atomic E-state index is 0.124. The summed E-state index contributed by atoms with van der Waals surface area (Å²) < 4.78 is 5.54. The van der Waals surface area contributed by atoms with Crippen LogP contribution in [0.15, 0.2) is 18.5 Å². The maximum absolute atomic E-state index is 5.54. The number of thiazole rings is 1. The molecule has 2 aromatic heterocycles. The van der Waals surface area contributed by atoms with Gasteiger partial charge in [0.15, 0.2) is 0 Å². The fourth-order valence-electron chi connectivity index (χ4n) is 2.22. The Morgan fingerprint density at radius 3 is 2.70 bits per heavy atom. The van der Waals surface area contributed by atoms with E-state index in [-0.39, 0.29) is 6.04 Å². The number of nitrogens with zero attached hydrogens (tertiary/aromatic N) is 2. The summed E-state index contributed by atoms with van der Waals surface area (Å²) in [5.74, 6) is 0.812. The molecule has 2 aromatic rings. The van der Waals surface area contributed by atoms with Gasteiger partial charge in [-0.3, -0.25) is 4.98 Å². The molecule has 0 amide bonds. The van der Waals surface area contributed by atoms with Crippen LogP contribution < -0.4 is 10.1 Å². The van der Waals surface area contributed by atoms with Gasteiger partial charge in [0.1, 0.15) is 5.75 Å². The summed E-state index contributed by atoms with van der Waals surface area (Å²) in [7, 11) is 0. The molecule has 0 fully saturated rings. The molecule has 0 aliphatic carbocycles. The molecule has 5 heteroatoms. The molecule has 1 N–H and O–H groups in total. The van der Waals surface area contributed by atoms with Gasteiger partial charge in [0.05, 0.1) is 29.5 Å². The summed E-state index contributed by atoms with van der Waals surface area (Å²) >= 11 is 1.73. The van der Waals surface area contributed by atoms with Gasteiger partial charge in [-0.25, -0.2) is 4.98 Å². The molecule has 0 radical (unpaired) electrons. The first-order valence-electron chi connectivity index (χ1n) is 6.90. The molecule has 0 spiro atoms. The van der Waals surface area contributed by atoms with Crippen LogP contribution in [0.4, 0.5) is 0 Å². The number of aryl methyl sites for hydroxylation is 2. The van der Waals surface area contributed by atoms with Crippen LogP contribution in [-0.2, 0) is 0 Å². The highest BCUT2D eigenvalue weighted by molar-refractivity contribution is 7.11. The molecule has 0 aliphatic heterocycles. The fourth-order valence-corrected chi connectivity index (χ4v) is 3.25. The molecule has 0 aliphatic rings. The van der Waals surface area contributed by atoms with Crippen LogP contribution in [0.2, 0.25) is 0 Å². The van der Waals surface area contributed by atoms with Gasteiger partial charge < -0.3 is 10.1 Å². The molecule has 4 nitrogen and oxygen atoms in total. The number of hydrogen-bond donors (Lipinski definition) is 1. The van der Waals surface area contributed by atoms with E-state index in [0.717, 1.165) is 28.6 Å². The largest absolute Gasteiger partial charge is 0.492 e. The Kier molecular flexibility index (Phi) is 5.09. The second kappa shape index (κ2) is 6.81. The second-order valence-electron chi connectivity index (χ2n) is 4.56. The number of ether oxygens (including phenoxy) is 1. The number of hydrogen-bond acceptors (Lipinski definition) is 5. The average Bonchev–Trinajstić information content (AvgIpc) is 2.75. The van der Waals surface area contributed by atoms with Crippen molar-refractivity contribution < 1.29 is 4.74 Å². The highest BCUT2D eigenvalue weighted by Gasteiger charge is 2.19. The zero-order valence-electron chi connectivity index (χ0n) is 12.4. The first kappa shape index (κ1) is 14.9. The molecule has 0 saturated carbocycles. The smallest absolute Gasteiger partial charge is 0.137 e. The lowest BCUT2D eigenvalue weighted by atomic mass is 10.1. The third-order valence-corrected chi connectivity index (χ3v) is 4.13. The van der Waals surface area contributed by atoms with Crippen molar-refractivity contribution in [1.29, 1.82) is 0 Å². The second-order valence-corrected chi connectivity index (χ2v) is 5.79. The van der Waals surface area contributed by atoms with Crippen molar-refractivity contribution in [3.05, 3.63) is 39.6 Å². The van der Waals surface area contributed by atoms with Crippen molar-refractivity contribution in [3.63, 3.8) is 0 Å². The standard InChI is InChI=1S/C15H21N3OS/c1-5-17-14(15-10(3)18-11(4)20-15)12-7-13(19-6-2)9-16-8-12/h7-9,14,17H,5-6H2,1-4H3. The number of nitrogens with one attached hydrogen (secondary N) is 1. The van der Waals surface area contributed by atoms with E-state index in [1.165, 1.54) is 4.88 Å². The van der Waals surface area contributed by atoms with Crippen LogP contribution in [0.25, 0.3) is 0 Å². The van der Waals surface area contributed by atoms with E-state index >= 15 is 0 Å². The third-order valence-electron chi connectivity index (χ3n) is 2.99. The fraction of sp³-hybridized carbons (Fsp3) is 0.467. The molecular formula is C15H21N3OS. The van der Waals surface area contributed by atoms with Gasteiger partial charge in [-0.2, -0.15) is 0 Å². The van der Waals surface area contributed by atoms with Crippen molar-refractivity contribution in [2.75, 3.05) is 13.2 Å². The van der Waals surface area contributed by atoms with E-state index < -0.39 is 0 Å². The Balaban J connectivity index is 2.37. The Bertz CT molecular complexity index is 568. The van der Waals surface area contributed by atoms with Gasteiger partial charge in [0.25, 0.3) is 0 Å². The van der Waals surface area contributed by atoms with Crippen molar-refractivity contribution >= 4 is 11.3 Å². The van der Waals surface area contributed by atoms with E-state index in [0.29, 0.717) is 6.61 Å². The van der Waals surface area contributed by atoms with Crippen LogP contribution >= 0.6 is 11.3 Å². The van der Waals surface area contributed by atoms with Crippen molar-refractivity contribution in [2.24, 2.45) is 0 Å². The predicted octanol–water partition coefficient (Wildman–Crippen LogP) is 3.25. The van der Waals surface area contributed by atoms with Crippen LogP contribution in [-0.4, -0.2) is 23.1 Å². The van der Waals surface area contributed by atoms with E-state index in [2.05, 4.69) is 35.2 Å². The van der Waals surface area contributed by atoms with Gasteiger partial charge in [0.2, 0.25) is 0 Å². The minimum absolute atomic E-state index is 0.124. The first-order chi connectivity index (χ1) is 9.65. The van der Waals surface area contributed by atoms with Crippen LogP contribution in [0.1, 0.15) is 41.0 Å². The molecule has 2 rings (SSSR count). The number of pyridine rings is 1. The predicted molar refractivity (Wildman–Crippen MR) is 82.5 cm³/mol. The van der Waals surface area contributed by atoms with Crippen LogP contribution in [0.5, 0.6) is 5.75 Å². The zero-order chi connectivity index (χ0) is 14.5. The third kappa shape index (κ3) is 3.35. The Morgan fingerprint density at radius 1 is 1.30 bits per heavy atom. The monoisotopic (exact) mass is 291 g/mol. The van der Waals surface area contributed by atoms with Crippen molar-refractivity contribution in [2.45, 2.75) is 33.7 Å². The normalized spacial score (nSPS) is 12.4. The lowest BCUT2D eigenvalue weighted by Crippen LogP contribution is -2.22. The summed E-state index contributed by atoms with van der Waals surface area (Å²) in [4.78, 5) is 10.1. The highest BCUT2D eigenvalue weighted by atomic mass is 32.1. The Morgan fingerprint density at radius 2 is 2.10 bits per heavy atom. The summed E-state index contributed by atoms with van der Waals surface area (Å²) in [6.45, 7) is 9.72. The zero-order valence-corrected chi connectivity index (χ0v) is 13.3. The Hall–Kier alpha value is -1.46.